The average molecular weight is 288 g/mol. The summed E-state index contributed by atoms with van der Waals surface area (Å²) in [6.45, 7) is 0. The molecule has 0 amide bonds. The van der Waals surface area contributed by atoms with Gasteiger partial charge in [-0.05, 0) is 35.0 Å². The molecule has 2 nitrogen and oxygen atoms in total. The molecular weight excluding hydrogens is 275 g/mol. The Morgan fingerprint density at radius 1 is 1.15 bits per heavy atom. The third-order valence-electron chi connectivity index (χ3n) is 3.29. The van der Waals surface area contributed by atoms with Gasteiger partial charge in [0.05, 0.1) is 7.11 Å². The van der Waals surface area contributed by atoms with Gasteiger partial charge in [0.15, 0.2) is 0 Å². The quantitative estimate of drug-likeness (QED) is 0.785. The van der Waals surface area contributed by atoms with Crippen LogP contribution in [-0.4, -0.2) is 12.2 Å². The number of fused-ring (bicyclic) bond motifs is 1. The Labute approximate surface area is 120 Å². The Balaban J connectivity index is 2.13. The van der Waals surface area contributed by atoms with E-state index in [1.54, 1.807) is 11.3 Å². The zero-order valence-electron chi connectivity index (χ0n) is 10.8. The summed E-state index contributed by atoms with van der Waals surface area (Å²) in [5.74, 6) is 0.0913. The number of halogens is 1. The lowest BCUT2D eigenvalue weighted by molar-refractivity contribution is 0.216. The fourth-order valence-electron chi connectivity index (χ4n) is 2.30. The first-order valence-electron chi connectivity index (χ1n) is 6.18. The van der Waals surface area contributed by atoms with E-state index in [0.29, 0.717) is 11.3 Å². The lowest BCUT2D eigenvalue weighted by atomic mass is 10.00. The standard InChI is InChI=1S/C16H13FO2S/c1-19-14-7-6-10(17)8-12(14)16(18)13-9-20-15-5-3-2-4-11(13)15/h2-9,16,18H,1H3. The Kier molecular flexibility index (Phi) is 3.42. The van der Waals surface area contributed by atoms with E-state index in [1.165, 1.54) is 25.3 Å². The van der Waals surface area contributed by atoms with Crippen molar-refractivity contribution in [2.24, 2.45) is 0 Å². The maximum absolute atomic E-state index is 13.4. The van der Waals surface area contributed by atoms with E-state index in [4.69, 9.17) is 4.74 Å². The molecule has 0 saturated carbocycles. The molecule has 1 N–H and O–H groups in total. The van der Waals surface area contributed by atoms with Gasteiger partial charge in [-0.25, -0.2) is 4.39 Å². The predicted molar refractivity (Wildman–Crippen MR) is 78.8 cm³/mol. The summed E-state index contributed by atoms with van der Waals surface area (Å²) in [5, 5.41) is 13.5. The van der Waals surface area contributed by atoms with Crippen LogP contribution in [0.3, 0.4) is 0 Å². The molecule has 0 radical (unpaired) electrons. The van der Waals surface area contributed by atoms with Gasteiger partial charge in [0, 0.05) is 15.8 Å². The third kappa shape index (κ3) is 2.17. The Morgan fingerprint density at radius 3 is 2.75 bits per heavy atom. The molecule has 0 saturated heterocycles. The monoisotopic (exact) mass is 288 g/mol. The highest BCUT2D eigenvalue weighted by Gasteiger charge is 2.19. The Morgan fingerprint density at radius 2 is 1.95 bits per heavy atom. The zero-order chi connectivity index (χ0) is 14.1. The Bertz CT molecular complexity index is 751. The van der Waals surface area contributed by atoms with Gasteiger partial charge in [0.2, 0.25) is 0 Å². The first-order chi connectivity index (χ1) is 9.70. The van der Waals surface area contributed by atoms with Gasteiger partial charge in [-0.3, -0.25) is 0 Å². The maximum Gasteiger partial charge on any atom is 0.125 e. The number of ether oxygens (including phenoxy) is 1. The maximum atomic E-state index is 13.4. The molecule has 3 aromatic rings. The molecule has 3 rings (SSSR count). The van der Waals surface area contributed by atoms with E-state index in [9.17, 15) is 9.50 Å². The number of aliphatic hydroxyl groups excluding tert-OH is 1. The van der Waals surface area contributed by atoms with Crippen LogP contribution in [0.15, 0.2) is 47.8 Å². The van der Waals surface area contributed by atoms with Crippen LogP contribution in [0.5, 0.6) is 5.75 Å². The van der Waals surface area contributed by atoms with Crippen LogP contribution in [0.4, 0.5) is 4.39 Å². The van der Waals surface area contributed by atoms with Crippen molar-refractivity contribution < 1.29 is 14.2 Å². The molecule has 0 aliphatic rings. The van der Waals surface area contributed by atoms with Crippen molar-refractivity contribution in [1.82, 2.24) is 0 Å². The number of hydrogen-bond acceptors (Lipinski definition) is 3. The van der Waals surface area contributed by atoms with Crippen molar-refractivity contribution in [3.05, 3.63) is 64.8 Å². The lowest BCUT2D eigenvalue weighted by Crippen LogP contribution is -2.02. The van der Waals surface area contributed by atoms with Crippen LogP contribution in [-0.2, 0) is 0 Å². The number of benzene rings is 2. The second-order valence-corrected chi connectivity index (χ2v) is 5.39. The van der Waals surface area contributed by atoms with Gasteiger partial charge in [-0.15, -0.1) is 11.3 Å². The van der Waals surface area contributed by atoms with E-state index < -0.39 is 6.10 Å². The van der Waals surface area contributed by atoms with E-state index in [2.05, 4.69) is 0 Å². The van der Waals surface area contributed by atoms with E-state index in [-0.39, 0.29) is 5.82 Å². The van der Waals surface area contributed by atoms with Crippen molar-refractivity contribution >= 4 is 21.4 Å². The second kappa shape index (κ2) is 5.23. The first kappa shape index (κ1) is 13.1. The summed E-state index contributed by atoms with van der Waals surface area (Å²) in [6.07, 6.45) is -0.906. The van der Waals surface area contributed by atoms with Gasteiger partial charge in [0.25, 0.3) is 0 Å². The molecule has 102 valence electrons. The van der Waals surface area contributed by atoms with E-state index in [1.807, 2.05) is 29.6 Å². The Hall–Kier alpha value is -1.91. The summed E-state index contributed by atoms with van der Waals surface area (Å²) in [4.78, 5) is 0. The van der Waals surface area contributed by atoms with Crippen LogP contribution in [0.1, 0.15) is 17.2 Å². The highest BCUT2D eigenvalue weighted by Crippen LogP contribution is 2.36. The van der Waals surface area contributed by atoms with Crippen LogP contribution < -0.4 is 4.74 Å². The summed E-state index contributed by atoms with van der Waals surface area (Å²) >= 11 is 1.56. The molecule has 1 heterocycles. The summed E-state index contributed by atoms with van der Waals surface area (Å²) < 4.78 is 19.7. The molecule has 1 unspecified atom stereocenters. The summed E-state index contributed by atoms with van der Waals surface area (Å²) in [7, 11) is 1.51. The van der Waals surface area contributed by atoms with Crippen molar-refractivity contribution in [3.63, 3.8) is 0 Å². The number of thiophene rings is 1. The fraction of sp³-hybridized carbons (Fsp3) is 0.125. The lowest BCUT2D eigenvalue weighted by Gasteiger charge is -2.14. The van der Waals surface area contributed by atoms with E-state index >= 15 is 0 Å². The predicted octanol–water partition coefficient (Wildman–Crippen LogP) is 4.13. The fourth-order valence-corrected chi connectivity index (χ4v) is 3.28. The SMILES string of the molecule is COc1ccc(F)cc1C(O)c1csc2ccccc12. The van der Waals surface area contributed by atoms with Crippen LogP contribution in [0.2, 0.25) is 0 Å². The number of aliphatic hydroxyl groups is 1. The number of hydrogen-bond donors (Lipinski definition) is 1. The number of rotatable bonds is 3. The number of methoxy groups -OCH3 is 1. The minimum atomic E-state index is -0.906. The second-order valence-electron chi connectivity index (χ2n) is 4.48. The van der Waals surface area contributed by atoms with E-state index in [0.717, 1.165) is 15.6 Å². The molecule has 0 bridgehead atoms. The molecule has 4 heteroatoms. The molecule has 0 spiro atoms. The van der Waals surface area contributed by atoms with Gasteiger partial charge < -0.3 is 9.84 Å². The van der Waals surface area contributed by atoms with Gasteiger partial charge in [-0.1, -0.05) is 18.2 Å². The van der Waals surface area contributed by atoms with Crippen molar-refractivity contribution in [2.75, 3.05) is 7.11 Å². The largest absolute Gasteiger partial charge is 0.496 e. The van der Waals surface area contributed by atoms with Crippen molar-refractivity contribution in [2.45, 2.75) is 6.10 Å². The average Bonchev–Trinajstić information content (AvgIpc) is 2.90. The highest BCUT2D eigenvalue weighted by molar-refractivity contribution is 7.17. The normalized spacial score (nSPS) is 12.6. The molecule has 20 heavy (non-hydrogen) atoms. The summed E-state index contributed by atoms with van der Waals surface area (Å²) in [5.41, 5.74) is 1.21. The molecule has 2 aromatic carbocycles. The molecular formula is C16H13FO2S. The zero-order valence-corrected chi connectivity index (χ0v) is 11.7. The first-order valence-corrected chi connectivity index (χ1v) is 7.06. The van der Waals surface area contributed by atoms with Crippen LogP contribution in [0.25, 0.3) is 10.1 Å². The van der Waals surface area contributed by atoms with Crippen LogP contribution in [0, 0.1) is 5.82 Å². The topological polar surface area (TPSA) is 29.5 Å². The van der Waals surface area contributed by atoms with Crippen LogP contribution >= 0.6 is 11.3 Å². The molecule has 1 atom stereocenters. The summed E-state index contributed by atoms with van der Waals surface area (Å²) in [6, 6.07) is 12.0. The highest BCUT2D eigenvalue weighted by atomic mass is 32.1. The van der Waals surface area contributed by atoms with Gasteiger partial charge >= 0.3 is 0 Å². The van der Waals surface area contributed by atoms with Gasteiger partial charge in [-0.2, -0.15) is 0 Å². The molecule has 0 fully saturated rings. The minimum Gasteiger partial charge on any atom is -0.496 e. The van der Waals surface area contributed by atoms with Gasteiger partial charge in [0.1, 0.15) is 17.7 Å². The molecule has 0 aliphatic carbocycles. The molecule has 1 aromatic heterocycles. The van der Waals surface area contributed by atoms with Crippen molar-refractivity contribution in [1.29, 1.82) is 0 Å². The smallest absolute Gasteiger partial charge is 0.125 e. The minimum absolute atomic E-state index is 0.389. The molecule has 0 aliphatic heterocycles. The third-order valence-corrected chi connectivity index (χ3v) is 4.27. The van der Waals surface area contributed by atoms with Crippen molar-refractivity contribution in [3.8, 4) is 5.75 Å².